The zero-order valence-electron chi connectivity index (χ0n) is 10.9. The minimum absolute atomic E-state index is 0.139. The Labute approximate surface area is 113 Å². The Balaban J connectivity index is 2.35. The van der Waals surface area contributed by atoms with Gasteiger partial charge in [-0.05, 0) is 29.7 Å². The van der Waals surface area contributed by atoms with Crippen molar-refractivity contribution in [1.29, 1.82) is 0 Å². The fourth-order valence-electron chi connectivity index (χ4n) is 2.40. The molecule has 1 unspecified atom stereocenters. The van der Waals surface area contributed by atoms with E-state index in [9.17, 15) is 4.79 Å². The summed E-state index contributed by atoms with van der Waals surface area (Å²) >= 11 is 1.79. The van der Waals surface area contributed by atoms with Gasteiger partial charge >= 0.3 is 0 Å². The average molecular weight is 264 g/mol. The molecule has 0 spiro atoms. The standard InChI is InChI=1S/C14H20N2OS/c1-13(2)8-9-18-10-14(13,12(15)17)16-11-6-4-3-5-7-11/h3-7,16H,8-10H2,1-2H3,(H2,15,17). The van der Waals surface area contributed by atoms with E-state index >= 15 is 0 Å². The van der Waals surface area contributed by atoms with Crippen molar-refractivity contribution in [3.8, 4) is 0 Å². The number of benzene rings is 1. The molecule has 4 heteroatoms. The fraction of sp³-hybridized carbons (Fsp3) is 0.500. The van der Waals surface area contributed by atoms with Crippen molar-refractivity contribution in [2.75, 3.05) is 16.8 Å². The second-order valence-electron chi connectivity index (χ2n) is 5.45. The maximum absolute atomic E-state index is 12.0. The zero-order chi connectivity index (χ0) is 13.2. The molecule has 0 aliphatic carbocycles. The summed E-state index contributed by atoms with van der Waals surface area (Å²) in [5.41, 5.74) is 5.85. The number of rotatable bonds is 3. The third-order valence-corrected chi connectivity index (χ3v) is 5.03. The van der Waals surface area contributed by atoms with Crippen molar-refractivity contribution < 1.29 is 4.79 Å². The topological polar surface area (TPSA) is 55.1 Å². The Kier molecular flexibility index (Phi) is 3.57. The first-order chi connectivity index (χ1) is 8.48. The molecule has 98 valence electrons. The summed E-state index contributed by atoms with van der Waals surface area (Å²) in [4.78, 5) is 12.0. The van der Waals surface area contributed by atoms with E-state index in [1.54, 1.807) is 11.8 Å². The van der Waals surface area contributed by atoms with E-state index in [-0.39, 0.29) is 11.3 Å². The van der Waals surface area contributed by atoms with Gasteiger partial charge in [-0.15, -0.1) is 0 Å². The summed E-state index contributed by atoms with van der Waals surface area (Å²) in [7, 11) is 0. The first kappa shape index (κ1) is 13.3. The molecule has 1 aromatic rings. The van der Waals surface area contributed by atoms with Crippen LogP contribution in [0.3, 0.4) is 0 Å². The molecule has 1 amide bonds. The van der Waals surface area contributed by atoms with Crippen LogP contribution in [0.25, 0.3) is 0 Å². The molecule has 1 aliphatic heterocycles. The van der Waals surface area contributed by atoms with Crippen LogP contribution in [0, 0.1) is 5.41 Å². The predicted octanol–water partition coefficient (Wildman–Crippen LogP) is 2.49. The van der Waals surface area contributed by atoms with Crippen LogP contribution in [0.1, 0.15) is 20.3 Å². The van der Waals surface area contributed by atoms with E-state index < -0.39 is 5.54 Å². The lowest BCUT2D eigenvalue weighted by molar-refractivity contribution is -0.125. The molecule has 1 fully saturated rings. The van der Waals surface area contributed by atoms with Gasteiger partial charge in [0.25, 0.3) is 0 Å². The summed E-state index contributed by atoms with van der Waals surface area (Å²) in [6.07, 6.45) is 0.987. The number of carbonyl (C=O) groups is 1. The molecule has 0 bridgehead atoms. The fourth-order valence-corrected chi connectivity index (χ4v) is 4.11. The summed E-state index contributed by atoms with van der Waals surface area (Å²) in [5.74, 6) is 1.55. The summed E-state index contributed by atoms with van der Waals surface area (Å²) in [6.45, 7) is 4.24. The Morgan fingerprint density at radius 3 is 2.56 bits per heavy atom. The van der Waals surface area contributed by atoms with Gasteiger partial charge in [0.2, 0.25) is 5.91 Å². The molecule has 1 aliphatic rings. The Hall–Kier alpha value is -1.16. The van der Waals surface area contributed by atoms with Crippen LogP contribution in [0.4, 0.5) is 5.69 Å². The van der Waals surface area contributed by atoms with E-state index in [1.807, 2.05) is 30.3 Å². The van der Waals surface area contributed by atoms with Gasteiger partial charge in [-0.1, -0.05) is 32.0 Å². The monoisotopic (exact) mass is 264 g/mol. The summed E-state index contributed by atoms with van der Waals surface area (Å²) < 4.78 is 0. The Morgan fingerprint density at radius 2 is 2.00 bits per heavy atom. The van der Waals surface area contributed by atoms with Crippen LogP contribution >= 0.6 is 11.8 Å². The predicted molar refractivity (Wildman–Crippen MR) is 77.7 cm³/mol. The van der Waals surface area contributed by atoms with Crippen molar-refractivity contribution in [3.63, 3.8) is 0 Å². The minimum Gasteiger partial charge on any atom is -0.370 e. The van der Waals surface area contributed by atoms with Crippen LogP contribution in [0.15, 0.2) is 30.3 Å². The van der Waals surface area contributed by atoms with Gasteiger partial charge < -0.3 is 11.1 Å². The molecule has 1 heterocycles. The van der Waals surface area contributed by atoms with Gasteiger partial charge in [-0.3, -0.25) is 4.79 Å². The van der Waals surface area contributed by atoms with Crippen LogP contribution in [0.2, 0.25) is 0 Å². The number of para-hydroxylation sites is 1. The smallest absolute Gasteiger partial charge is 0.244 e. The zero-order valence-corrected chi connectivity index (χ0v) is 11.7. The number of amides is 1. The van der Waals surface area contributed by atoms with E-state index in [2.05, 4.69) is 19.2 Å². The number of anilines is 1. The quantitative estimate of drug-likeness (QED) is 0.882. The molecule has 0 saturated carbocycles. The number of thioether (sulfide) groups is 1. The van der Waals surface area contributed by atoms with Crippen molar-refractivity contribution in [1.82, 2.24) is 0 Å². The highest BCUT2D eigenvalue weighted by Gasteiger charge is 2.51. The molecule has 0 aromatic heterocycles. The molecular weight excluding hydrogens is 244 g/mol. The third kappa shape index (κ3) is 2.21. The molecule has 1 aromatic carbocycles. The molecule has 0 radical (unpaired) electrons. The van der Waals surface area contributed by atoms with Crippen molar-refractivity contribution in [2.24, 2.45) is 11.1 Å². The Bertz CT molecular complexity index is 433. The van der Waals surface area contributed by atoms with Crippen molar-refractivity contribution in [2.45, 2.75) is 25.8 Å². The third-order valence-electron chi connectivity index (χ3n) is 3.90. The van der Waals surface area contributed by atoms with Gasteiger partial charge in [0, 0.05) is 11.4 Å². The highest BCUT2D eigenvalue weighted by atomic mass is 32.2. The second-order valence-corrected chi connectivity index (χ2v) is 6.55. The molecule has 1 atom stereocenters. The molecule has 18 heavy (non-hydrogen) atoms. The number of nitrogens with one attached hydrogen (secondary N) is 1. The molecule has 3 nitrogen and oxygen atoms in total. The number of carbonyl (C=O) groups excluding carboxylic acids is 1. The second kappa shape index (κ2) is 4.84. The van der Waals surface area contributed by atoms with Gasteiger partial charge in [-0.2, -0.15) is 11.8 Å². The van der Waals surface area contributed by atoms with Crippen LogP contribution in [-0.2, 0) is 4.79 Å². The number of hydrogen-bond acceptors (Lipinski definition) is 3. The van der Waals surface area contributed by atoms with E-state index in [4.69, 9.17) is 5.73 Å². The normalized spacial score (nSPS) is 26.6. The lowest BCUT2D eigenvalue weighted by atomic mass is 9.70. The number of primary amides is 1. The molecular formula is C14H20N2OS. The number of nitrogens with two attached hydrogens (primary N) is 1. The summed E-state index contributed by atoms with van der Waals surface area (Å²) in [6, 6.07) is 9.82. The van der Waals surface area contributed by atoms with E-state index in [1.165, 1.54) is 0 Å². The highest BCUT2D eigenvalue weighted by molar-refractivity contribution is 7.99. The van der Waals surface area contributed by atoms with Crippen LogP contribution in [-0.4, -0.2) is 23.0 Å². The van der Waals surface area contributed by atoms with E-state index in [0.717, 1.165) is 23.6 Å². The Morgan fingerprint density at radius 1 is 1.33 bits per heavy atom. The highest BCUT2D eigenvalue weighted by Crippen LogP contribution is 2.44. The van der Waals surface area contributed by atoms with E-state index in [0.29, 0.717) is 0 Å². The molecule has 1 saturated heterocycles. The lowest BCUT2D eigenvalue weighted by Crippen LogP contribution is -2.63. The molecule has 2 rings (SSSR count). The summed E-state index contributed by atoms with van der Waals surface area (Å²) in [5, 5.41) is 3.39. The SMILES string of the molecule is CC1(C)CCSCC1(Nc1ccccc1)C(N)=O. The maximum atomic E-state index is 12.0. The van der Waals surface area contributed by atoms with Gasteiger partial charge in [-0.25, -0.2) is 0 Å². The first-order valence-electron chi connectivity index (χ1n) is 6.19. The van der Waals surface area contributed by atoms with Crippen LogP contribution in [0.5, 0.6) is 0 Å². The van der Waals surface area contributed by atoms with Crippen molar-refractivity contribution in [3.05, 3.63) is 30.3 Å². The average Bonchev–Trinajstić information content (AvgIpc) is 2.33. The maximum Gasteiger partial charge on any atom is 0.244 e. The minimum atomic E-state index is -0.669. The van der Waals surface area contributed by atoms with Gasteiger partial charge in [0.05, 0.1) is 0 Å². The molecule has 3 N–H and O–H groups in total. The lowest BCUT2D eigenvalue weighted by Gasteiger charge is -2.48. The largest absolute Gasteiger partial charge is 0.370 e. The van der Waals surface area contributed by atoms with Gasteiger partial charge in [0.1, 0.15) is 5.54 Å². The number of hydrogen-bond donors (Lipinski definition) is 2. The van der Waals surface area contributed by atoms with Crippen molar-refractivity contribution >= 4 is 23.4 Å². The van der Waals surface area contributed by atoms with Crippen LogP contribution < -0.4 is 11.1 Å². The first-order valence-corrected chi connectivity index (χ1v) is 7.34. The van der Waals surface area contributed by atoms with Gasteiger partial charge in [0.15, 0.2) is 0 Å².